The van der Waals surface area contributed by atoms with Crippen molar-refractivity contribution in [1.29, 1.82) is 0 Å². The smallest absolute Gasteiger partial charge is 0.251 e. The lowest BCUT2D eigenvalue weighted by Crippen LogP contribution is -2.47. The molecule has 1 N–H and O–H groups in total. The van der Waals surface area contributed by atoms with Crippen molar-refractivity contribution in [2.24, 2.45) is 7.05 Å². The number of nitrogens with zero attached hydrogens (tertiary/aromatic N) is 3. The summed E-state index contributed by atoms with van der Waals surface area (Å²) in [6.07, 6.45) is 1.97. The number of carbonyl (C=O) groups excluding carboxylic acids is 2. The molecule has 0 spiro atoms. The van der Waals surface area contributed by atoms with E-state index in [9.17, 15) is 9.59 Å². The number of piperidine rings is 1. The Morgan fingerprint density at radius 1 is 1.15 bits per heavy atom. The molecular formula is C20H26N4O2. The first-order chi connectivity index (χ1) is 12.5. The van der Waals surface area contributed by atoms with Crippen LogP contribution >= 0.6 is 0 Å². The summed E-state index contributed by atoms with van der Waals surface area (Å²) in [5.74, 6) is 0.0917. The fraction of sp³-hybridized carbons (Fsp3) is 0.450. The van der Waals surface area contributed by atoms with E-state index in [0.717, 1.165) is 29.8 Å². The van der Waals surface area contributed by atoms with Crippen LogP contribution in [0.2, 0.25) is 0 Å². The molecule has 1 aliphatic rings. The average Bonchev–Trinajstić information content (AvgIpc) is 2.89. The Kier molecular flexibility index (Phi) is 5.40. The van der Waals surface area contributed by atoms with Gasteiger partial charge in [0.05, 0.1) is 12.1 Å². The fourth-order valence-electron chi connectivity index (χ4n) is 3.47. The predicted molar refractivity (Wildman–Crippen MR) is 99.9 cm³/mol. The van der Waals surface area contributed by atoms with Gasteiger partial charge in [0, 0.05) is 43.0 Å². The number of aryl methyl sites for hydroxylation is 2. The molecule has 0 radical (unpaired) electrons. The van der Waals surface area contributed by atoms with E-state index >= 15 is 0 Å². The number of amides is 2. The third kappa shape index (κ3) is 3.95. The minimum atomic E-state index is -0.0445. The number of hydrogen-bond donors (Lipinski definition) is 1. The van der Waals surface area contributed by atoms with Crippen LogP contribution in [0.15, 0.2) is 30.3 Å². The van der Waals surface area contributed by atoms with E-state index in [-0.39, 0.29) is 17.9 Å². The molecule has 2 aromatic rings. The molecule has 0 atom stereocenters. The molecule has 1 aromatic carbocycles. The lowest BCUT2D eigenvalue weighted by Gasteiger charge is -2.32. The molecule has 3 rings (SSSR count). The minimum absolute atomic E-state index is 0.0445. The highest BCUT2D eigenvalue weighted by molar-refractivity contribution is 5.94. The van der Waals surface area contributed by atoms with E-state index < -0.39 is 0 Å². The van der Waals surface area contributed by atoms with Gasteiger partial charge in [-0.05, 0) is 38.8 Å². The zero-order valence-electron chi connectivity index (χ0n) is 15.7. The first-order valence-electron chi connectivity index (χ1n) is 9.08. The van der Waals surface area contributed by atoms with Gasteiger partial charge < -0.3 is 10.2 Å². The highest BCUT2D eigenvalue weighted by Crippen LogP contribution is 2.17. The van der Waals surface area contributed by atoms with Gasteiger partial charge in [0.2, 0.25) is 5.91 Å². The Labute approximate surface area is 154 Å². The summed E-state index contributed by atoms with van der Waals surface area (Å²) < 4.78 is 1.82. The molecule has 6 heteroatoms. The summed E-state index contributed by atoms with van der Waals surface area (Å²) in [6.45, 7) is 5.29. The summed E-state index contributed by atoms with van der Waals surface area (Å²) in [4.78, 5) is 26.8. The molecule has 26 heavy (non-hydrogen) atoms. The maximum Gasteiger partial charge on any atom is 0.251 e. The zero-order chi connectivity index (χ0) is 18.7. The Hall–Kier alpha value is -2.63. The Morgan fingerprint density at radius 3 is 2.38 bits per heavy atom. The number of likely N-dealkylation sites (tertiary alicyclic amines) is 1. The van der Waals surface area contributed by atoms with Crippen LogP contribution in [0.25, 0.3) is 0 Å². The molecule has 1 aromatic heterocycles. The van der Waals surface area contributed by atoms with Crippen molar-refractivity contribution in [2.75, 3.05) is 13.1 Å². The summed E-state index contributed by atoms with van der Waals surface area (Å²) in [5.41, 5.74) is 3.66. The lowest BCUT2D eigenvalue weighted by molar-refractivity contribution is -0.131. The molecule has 2 amide bonds. The minimum Gasteiger partial charge on any atom is -0.349 e. The first-order valence-corrected chi connectivity index (χ1v) is 9.08. The SMILES string of the molecule is Cc1nn(C)c(C)c1CC(=O)N1CCC(NC(=O)c2ccccc2)CC1. The number of nitrogens with one attached hydrogen (secondary N) is 1. The second kappa shape index (κ2) is 7.72. The highest BCUT2D eigenvalue weighted by Gasteiger charge is 2.25. The molecule has 1 aliphatic heterocycles. The van der Waals surface area contributed by atoms with Crippen LogP contribution in [-0.2, 0) is 18.3 Å². The second-order valence-electron chi connectivity index (χ2n) is 6.94. The molecule has 0 aliphatic carbocycles. The van der Waals surface area contributed by atoms with E-state index in [1.807, 2.05) is 60.8 Å². The van der Waals surface area contributed by atoms with Crippen LogP contribution in [0.3, 0.4) is 0 Å². The second-order valence-corrected chi connectivity index (χ2v) is 6.94. The maximum atomic E-state index is 12.6. The van der Waals surface area contributed by atoms with E-state index in [4.69, 9.17) is 0 Å². The Bertz CT molecular complexity index is 790. The molecule has 1 fully saturated rings. The van der Waals surface area contributed by atoms with Crippen LogP contribution in [-0.4, -0.2) is 45.6 Å². The van der Waals surface area contributed by atoms with Gasteiger partial charge in [-0.2, -0.15) is 5.10 Å². The molecule has 6 nitrogen and oxygen atoms in total. The van der Waals surface area contributed by atoms with Gasteiger partial charge in [0.15, 0.2) is 0 Å². The predicted octanol–water partition coefficient (Wildman–Crippen LogP) is 2.00. The molecular weight excluding hydrogens is 328 g/mol. The zero-order valence-corrected chi connectivity index (χ0v) is 15.7. The highest BCUT2D eigenvalue weighted by atomic mass is 16.2. The third-order valence-corrected chi connectivity index (χ3v) is 5.21. The molecule has 1 saturated heterocycles. The van der Waals surface area contributed by atoms with Crippen LogP contribution in [0, 0.1) is 13.8 Å². The Balaban J connectivity index is 1.52. The Morgan fingerprint density at radius 2 is 1.81 bits per heavy atom. The fourth-order valence-corrected chi connectivity index (χ4v) is 3.47. The molecule has 0 unspecified atom stereocenters. The quantitative estimate of drug-likeness (QED) is 0.913. The van der Waals surface area contributed by atoms with Crippen LogP contribution < -0.4 is 5.32 Å². The van der Waals surface area contributed by atoms with Gasteiger partial charge in [0.25, 0.3) is 5.91 Å². The number of rotatable bonds is 4. The standard InChI is InChI=1S/C20H26N4O2/c1-14-18(15(2)23(3)22-14)13-19(25)24-11-9-17(10-12-24)21-20(26)16-7-5-4-6-8-16/h4-8,17H,9-13H2,1-3H3,(H,21,26). The number of hydrogen-bond acceptors (Lipinski definition) is 3. The number of carbonyl (C=O) groups is 2. The largest absolute Gasteiger partial charge is 0.349 e. The van der Waals surface area contributed by atoms with Gasteiger partial charge in [-0.1, -0.05) is 18.2 Å². The van der Waals surface area contributed by atoms with Gasteiger partial charge in [-0.25, -0.2) is 0 Å². The number of benzene rings is 1. The van der Waals surface area contributed by atoms with E-state index in [1.165, 1.54) is 0 Å². The summed E-state index contributed by atoms with van der Waals surface area (Å²) in [5, 5.41) is 7.46. The average molecular weight is 354 g/mol. The van der Waals surface area contributed by atoms with Crippen molar-refractivity contribution in [3.05, 3.63) is 52.8 Å². The van der Waals surface area contributed by atoms with Crippen molar-refractivity contribution < 1.29 is 9.59 Å². The molecule has 0 saturated carbocycles. The van der Waals surface area contributed by atoms with Crippen molar-refractivity contribution in [1.82, 2.24) is 20.0 Å². The summed E-state index contributed by atoms with van der Waals surface area (Å²) in [7, 11) is 1.90. The summed E-state index contributed by atoms with van der Waals surface area (Å²) in [6, 6.07) is 9.36. The van der Waals surface area contributed by atoms with Crippen molar-refractivity contribution >= 4 is 11.8 Å². The number of aromatic nitrogens is 2. The van der Waals surface area contributed by atoms with Crippen LogP contribution in [0.5, 0.6) is 0 Å². The molecule has 0 bridgehead atoms. The monoisotopic (exact) mass is 354 g/mol. The van der Waals surface area contributed by atoms with E-state index in [1.54, 1.807) is 0 Å². The lowest BCUT2D eigenvalue weighted by atomic mass is 10.0. The maximum absolute atomic E-state index is 12.6. The van der Waals surface area contributed by atoms with Gasteiger partial charge in [0.1, 0.15) is 0 Å². The van der Waals surface area contributed by atoms with Gasteiger partial charge >= 0.3 is 0 Å². The van der Waals surface area contributed by atoms with E-state index in [0.29, 0.717) is 25.1 Å². The van der Waals surface area contributed by atoms with Crippen molar-refractivity contribution in [3.8, 4) is 0 Å². The van der Waals surface area contributed by atoms with E-state index in [2.05, 4.69) is 10.4 Å². The van der Waals surface area contributed by atoms with Gasteiger partial charge in [-0.15, -0.1) is 0 Å². The summed E-state index contributed by atoms with van der Waals surface area (Å²) >= 11 is 0. The van der Waals surface area contributed by atoms with Gasteiger partial charge in [-0.3, -0.25) is 14.3 Å². The topological polar surface area (TPSA) is 67.2 Å². The molecule has 2 heterocycles. The van der Waals surface area contributed by atoms with Crippen molar-refractivity contribution in [3.63, 3.8) is 0 Å². The van der Waals surface area contributed by atoms with Crippen molar-refractivity contribution in [2.45, 2.75) is 39.2 Å². The molecule has 138 valence electrons. The van der Waals surface area contributed by atoms with Crippen LogP contribution in [0.4, 0.5) is 0 Å². The van der Waals surface area contributed by atoms with Crippen LogP contribution in [0.1, 0.15) is 40.2 Å². The first kappa shape index (κ1) is 18.2. The normalized spacial score (nSPS) is 15.1. The third-order valence-electron chi connectivity index (χ3n) is 5.21.